The number of aliphatic hydroxyl groups excluding tert-OH is 1. The van der Waals surface area contributed by atoms with Crippen LogP contribution in [0.1, 0.15) is 33.1 Å². The predicted octanol–water partition coefficient (Wildman–Crippen LogP) is -0.210. The first-order valence-electron chi connectivity index (χ1n) is 5.34. The molecule has 0 aromatic rings. The molecule has 0 unspecified atom stereocenters. The summed E-state index contributed by atoms with van der Waals surface area (Å²) in [5.41, 5.74) is 0. The predicted molar refractivity (Wildman–Crippen MR) is 57.2 cm³/mol. The molecule has 0 saturated carbocycles. The molecule has 0 aromatic carbocycles. The standard InChI is InChI=1S/C10H20N2O3/c1-3-5-11-9(14)7-8(13)10(15)12-6-4-2/h8,13H,3-7H2,1-2H3,(H,11,14)(H,12,15)/t8-/m1/s1. The largest absolute Gasteiger partial charge is 0.383 e. The lowest BCUT2D eigenvalue weighted by Crippen LogP contribution is -2.38. The molecule has 15 heavy (non-hydrogen) atoms. The summed E-state index contributed by atoms with van der Waals surface area (Å²) >= 11 is 0. The molecule has 88 valence electrons. The zero-order valence-electron chi connectivity index (χ0n) is 9.38. The quantitative estimate of drug-likeness (QED) is 0.551. The fraction of sp³-hybridized carbons (Fsp3) is 0.800. The Labute approximate surface area is 90.2 Å². The van der Waals surface area contributed by atoms with Crippen LogP contribution < -0.4 is 10.6 Å². The molecule has 0 aliphatic rings. The van der Waals surface area contributed by atoms with Crippen molar-refractivity contribution < 1.29 is 14.7 Å². The van der Waals surface area contributed by atoms with E-state index in [0.29, 0.717) is 13.1 Å². The fourth-order valence-corrected chi connectivity index (χ4v) is 0.971. The molecule has 1 atom stereocenters. The molecule has 0 spiro atoms. The third kappa shape index (κ3) is 6.90. The van der Waals surface area contributed by atoms with Gasteiger partial charge in [0, 0.05) is 13.1 Å². The maximum atomic E-state index is 11.2. The number of carbonyl (C=O) groups is 2. The van der Waals surface area contributed by atoms with Gasteiger partial charge in [-0.2, -0.15) is 0 Å². The molecule has 5 heteroatoms. The first-order chi connectivity index (χ1) is 7.11. The minimum atomic E-state index is -1.24. The van der Waals surface area contributed by atoms with Gasteiger partial charge in [-0.1, -0.05) is 13.8 Å². The average molecular weight is 216 g/mol. The lowest BCUT2D eigenvalue weighted by molar-refractivity contribution is -0.134. The van der Waals surface area contributed by atoms with E-state index >= 15 is 0 Å². The normalized spacial score (nSPS) is 11.9. The molecule has 0 saturated heterocycles. The molecule has 0 aliphatic heterocycles. The van der Waals surface area contributed by atoms with Crippen LogP contribution >= 0.6 is 0 Å². The van der Waals surface area contributed by atoms with Crippen LogP contribution in [0.3, 0.4) is 0 Å². The van der Waals surface area contributed by atoms with Crippen molar-refractivity contribution in [1.29, 1.82) is 0 Å². The summed E-state index contributed by atoms with van der Waals surface area (Å²) in [6.45, 7) is 4.94. The first kappa shape index (κ1) is 13.9. The molecule has 3 N–H and O–H groups in total. The second-order valence-corrected chi connectivity index (χ2v) is 3.36. The van der Waals surface area contributed by atoms with Gasteiger partial charge in [0.2, 0.25) is 11.8 Å². The molecular weight excluding hydrogens is 196 g/mol. The van der Waals surface area contributed by atoms with Gasteiger partial charge >= 0.3 is 0 Å². The van der Waals surface area contributed by atoms with Crippen LogP contribution in [0.25, 0.3) is 0 Å². The second-order valence-electron chi connectivity index (χ2n) is 3.36. The molecule has 0 aromatic heterocycles. The Morgan fingerprint density at radius 1 is 1.13 bits per heavy atom. The Morgan fingerprint density at radius 3 is 2.20 bits per heavy atom. The lowest BCUT2D eigenvalue weighted by Gasteiger charge is -2.10. The highest BCUT2D eigenvalue weighted by Gasteiger charge is 2.17. The first-order valence-corrected chi connectivity index (χ1v) is 5.34. The van der Waals surface area contributed by atoms with Gasteiger partial charge in [0.1, 0.15) is 6.10 Å². The van der Waals surface area contributed by atoms with E-state index in [2.05, 4.69) is 10.6 Å². The van der Waals surface area contributed by atoms with Gasteiger partial charge < -0.3 is 15.7 Å². The molecule has 5 nitrogen and oxygen atoms in total. The number of rotatable bonds is 7. The maximum Gasteiger partial charge on any atom is 0.249 e. The summed E-state index contributed by atoms with van der Waals surface area (Å²) in [4.78, 5) is 22.3. The van der Waals surface area contributed by atoms with Crippen LogP contribution in [0.2, 0.25) is 0 Å². The molecule has 0 radical (unpaired) electrons. The van der Waals surface area contributed by atoms with Crippen molar-refractivity contribution in [3.63, 3.8) is 0 Å². The van der Waals surface area contributed by atoms with Crippen molar-refractivity contribution in [2.45, 2.75) is 39.2 Å². The molecule has 2 amide bonds. The Balaban J connectivity index is 3.75. The SMILES string of the molecule is CCCNC(=O)C[C@@H](O)C(=O)NCCC. The number of hydrogen-bond acceptors (Lipinski definition) is 3. The van der Waals surface area contributed by atoms with Gasteiger partial charge in [0.15, 0.2) is 0 Å². The Kier molecular flexibility index (Phi) is 7.62. The average Bonchev–Trinajstić information content (AvgIpc) is 2.22. The monoisotopic (exact) mass is 216 g/mol. The molecular formula is C10H20N2O3. The highest BCUT2D eigenvalue weighted by atomic mass is 16.3. The van der Waals surface area contributed by atoms with Gasteiger partial charge in [-0.25, -0.2) is 0 Å². The number of nitrogens with one attached hydrogen (secondary N) is 2. The summed E-state index contributed by atoms with van der Waals surface area (Å²) < 4.78 is 0. The van der Waals surface area contributed by atoms with Gasteiger partial charge in [0.05, 0.1) is 6.42 Å². The smallest absolute Gasteiger partial charge is 0.249 e. The van der Waals surface area contributed by atoms with Crippen molar-refractivity contribution in [2.75, 3.05) is 13.1 Å². The van der Waals surface area contributed by atoms with Crippen molar-refractivity contribution in [2.24, 2.45) is 0 Å². The second kappa shape index (κ2) is 8.23. The molecule has 0 rings (SSSR count). The number of amides is 2. The highest BCUT2D eigenvalue weighted by Crippen LogP contribution is 1.92. The van der Waals surface area contributed by atoms with Crippen LogP contribution in [0, 0.1) is 0 Å². The van der Waals surface area contributed by atoms with Gasteiger partial charge in [-0.3, -0.25) is 9.59 Å². The molecule has 0 heterocycles. The van der Waals surface area contributed by atoms with Gasteiger partial charge in [-0.05, 0) is 12.8 Å². The van der Waals surface area contributed by atoms with Gasteiger partial charge in [0.25, 0.3) is 0 Å². The van der Waals surface area contributed by atoms with Crippen LogP contribution in [0.5, 0.6) is 0 Å². The lowest BCUT2D eigenvalue weighted by atomic mass is 10.2. The number of carbonyl (C=O) groups excluding carboxylic acids is 2. The highest BCUT2D eigenvalue weighted by molar-refractivity contribution is 5.87. The van der Waals surface area contributed by atoms with Crippen LogP contribution in [-0.4, -0.2) is 36.1 Å². The van der Waals surface area contributed by atoms with E-state index in [1.165, 1.54) is 0 Å². The van der Waals surface area contributed by atoms with Crippen molar-refractivity contribution >= 4 is 11.8 Å². The van der Waals surface area contributed by atoms with E-state index in [0.717, 1.165) is 12.8 Å². The fourth-order valence-electron chi connectivity index (χ4n) is 0.971. The van der Waals surface area contributed by atoms with E-state index in [1.54, 1.807) is 0 Å². The minimum absolute atomic E-state index is 0.171. The molecule has 0 aliphatic carbocycles. The number of hydrogen-bond donors (Lipinski definition) is 3. The summed E-state index contributed by atoms with van der Waals surface area (Å²) in [6.07, 6.45) is 0.230. The zero-order chi connectivity index (χ0) is 11.7. The summed E-state index contributed by atoms with van der Waals surface area (Å²) in [5.74, 6) is -0.778. The van der Waals surface area contributed by atoms with Crippen LogP contribution in [0.4, 0.5) is 0 Å². The van der Waals surface area contributed by atoms with E-state index < -0.39 is 12.0 Å². The maximum absolute atomic E-state index is 11.2. The minimum Gasteiger partial charge on any atom is -0.383 e. The van der Waals surface area contributed by atoms with Gasteiger partial charge in [-0.15, -0.1) is 0 Å². The van der Waals surface area contributed by atoms with Crippen molar-refractivity contribution in [3.8, 4) is 0 Å². The van der Waals surface area contributed by atoms with E-state index in [-0.39, 0.29) is 12.3 Å². The molecule has 0 bridgehead atoms. The van der Waals surface area contributed by atoms with E-state index in [9.17, 15) is 14.7 Å². The van der Waals surface area contributed by atoms with Crippen LogP contribution in [0.15, 0.2) is 0 Å². The van der Waals surface area contributed by atoms with E-state index in [1.807, 2.05) is 13.8 Å². The summed E-state index contributed by atoms with van der Waals surface area (Å²) in [7, 11) is 0. The molecule has 0 fully saturated rings. The number of aliphatic hydroxyl groups is 1. The van der Waals surface area contributed by atoms with Crippen molar-refractivity contribution in [3.05, 3.63) is 0 Å². The van der Waals surface area contributed by atoms with Crippen LogP contribution in [-0.2, 0) is 9.59 Å². The summed E-state index contributed by atoms with van der Waals surface area (Å²) in [6, 6.07) is 0. The summed E-state index contributed by atoms with van der Waals surface area (Å²) in [5, 5.41) is 14.5. The Hall–Kier alpha value is -1.10. The third-order valence-electron chi connectivity index (χ3n) is 1.80. The van der Waals surface area contributed by atoms with E-state index in [4.69, 9.17) is 0 Å². The zero-order valence-corrected chi connectivity index (χ0v) is 9.38. The Bertz CT molecular complexity index is 207. The Morgan fingerprint density at radius 2 is 1.67 bits per heavy atom. The third-order valence-corrected chi connectivity index (χ3v) is 1.80. The van der Waals surface area contributed by atoms with Crippen molar-refractivity contribution in [1.82, 2.24) is 10.6 Å². The topological polar surface area (TPSA) is 78.4 Å².